The minimum atomic E-state index is -0.642. The number of hydrogen-bond donors (Lipinski definition) is 2. The third-order valence-electron chi connectivity index (χ3n) is 4.39. The van der Waals surface area contributed by atoms with E-state index >= 15 is 0 Å². The summed E-state index contributed by atoms with van der Waals surface area (Å²) in [6.45, 7) is 3.63. The molecule has 144 valence electrons. The van der Waals surface area contributed by atoms with Crippen molar-refractivity contribution >= 4 is 34.8 Å². The average Bonchev–Trinajstić information content (AvgIpc) is 3.22. The van der Waals surface area contributed by atoms with Gasteiger partial charge in [0.25, 0.3) is 0 Å². The molecule has 0 aliphatic carbocycles. The maximum Gasteiger partial charge on any atom is 0.309 e. The van der Waals surface area contributed by atoms with Crippen LogP contribution < -0.4 is 10.6 Å². The summed E-state index contributed by atoms with van der Waals surface area (Å²) >= 11 is 7.49. The van der Waals surface area contributed by atoms with Crippen molar-refractivity contribution in [3.8, 4) is 0 Å². The molecule has 1 aromatic carbocycles. The van der Waals surface area contributed by atoms with E-state index in [0.717, 1.165) is 18.7 Å². The van der Waals surface area contributed by atoms with Gasteiger partial charge in [-0.15, -0.1) is 11.3 Å². The van der Waals surface area contributed by atoms with Gasteiger partial charge in [0.2, 0.25) is 0 Å². The zero-order valence-electron chi connectivity index (χ0n) is 14.8. The SMILES string of the molecule is O=C(NCc1ccc(Cl)cc1)C(=O)NCC(c1cccs1)N1CCOCC1. The Kier molecular flexibility index (Phi) is 7.23. The second-order valence-corrected chi connectivity index (χ2v) is 7.61. The molecule has 6 nitrogen and oxygen atoms in total. The number of carbonyl (C=O) groups excluding carboxylic acids is 2. The third kappa shape index (κ3) is 5.77. The molecule has 2 amide bonds. The number of rotatable bonds is 6. The van der Waals surface area contributed by atoms with Crippen molar-refractivity contribution in [2.75, 3.05) is 32.8 Å². The fourth-order valence-corrected chi connectivity index (χ4v) is 3.90. The lowest BCUT2D eigenvalue weighted by atomic mass is 10.2. The minimum absolute atomic E-state index is 0.0434. The Morgan fingerprint density at radius 2 is 1.81 bits per heavy atom. The van der Waals surface area contributed by atoms with Crippen molar-refractivity contribution in [3.05, 3.63) is 57.2 Å². The Morgan fingerprint density at radius 1 is 1.11 bits per heavy atom. The fourth-order valence-electron chi connectivity index (χ4n) is 2.91. The topological polar surface area (TPSA) is 70.7 Å². The van der Waals surface area contributed by atoms with Gasteiger partial charge in [-0.1, -0.05) is 29.8 Å². The van der Waals surface area contributed by atoms with Gasteiger partial charge in [0, 0.05) is 36.1 Å². The van der Waals surface area contributed by atoms with Crippen molar-refractivity contribution in [2.24, 2.45) is 0 Å². The lowest BCUT2D eigenvalue weighted by Crippen LogP contribution is -2.46. The average molecular weight is 408 g/mol. The predicted octanol–water partition coefficient (Wildman–Crippen LogP) is 2.21. The Balaban J connectivity index is 1.52. The van der Waals surface area contributed by atoms with Crippen molar-refractivity contribution < 1.29 is 14.3 Å². The molecule has 1 saturated heterocycles. The predicted molar refractivity (Wildman–Crippen MR) is 106 cm³/mol. The number of carbonyl (C=O) groups is 2. The summed E-state index contributed by atoms with van der Waals surface area (Å²) in [5, 5.41) is 8.04. The van der Waals surface area contributed by atoms with Gasteiger partial charge in [-0.05, 0) is 29.1 Å². The van der Waals surface area contributed by atoms with Crippen LogP contribution >= 0.6 is 22.9 Å². The normalized spacial score (nSPS) is 15.9. The number of hydrogen-bond acceptors (Lipinski definition) is 5. The van der Waals surface area contributed by atoms with Gasteiger partial charge in [0.1, 0.15) is 0 Å². The third-order valence-corrected chi connectivity index (χ3v) is 5.61. The lowest BCUT2D eigenvalue weighted by molar-refractivity contribution is -0.139. The summed E-state index contributed by atoms with van der Waals surface area (Å²) in [6, 6.07) is 11.2. The van der Waals surface area contributed by atoms with Crippen LogP contribution in [0, 0.1) is 0 Å². The van der Waals surface area contributed by atoms with E-state index in [1.165, 1.54) is 4.88 Å². The largest absolute Gasteiger partial charge is 0.379 e. The molecule has 8 heteroatoms. The first-order valence-corrected chi connectivity index (χ1v) is 10.0. The van der Waals surface area contributed by atoms with Gasteiger partial charge in [-0.3, -0.25) is 14.5 Å². The van der Waals surface area contributed by atoms with E-state index < -0.39 is 11.8 Å². The van der Waals surface area contributed by atoms with Crippen LogP contribution in [0.15, 0.2) is 41.8 Å². The molecule has 1 fully saturated rings. The zero-order valence-corrected chi connectivity index (χ0v) is 16.4. The number of morpholine rings is 1. The first-order valence-electron chi connectivity index (χ1n) is 8.79. The van der Waals surface area contributed by atoms with E-state index in [-0.39, 0.29) is 12.6 Å². The first kappa shape index (κ1) is 19.8. The number of ether oxygens (including phenoxy) is 1. The number of benzene rings is 1. The highest BCUT2D eigenvalue weighted by Gasteiger charge is 2.25. The second-order valence-electron chi connectivity index (χ2n) is 6.20. The number of nitrogens with zero attached hydrogens (tertiary/aromatic N) is 1. The Bertz CT molecular complexity index is 746. The maximum absolute atomic E-state index is 12.2. The molecular formula is C19H22ClN3O3S. The smallest absolute Gasteiger partial charge is 0.309 e. The Morgan fingerprint density at radius 3 is 2.48 bits per heavy atom. The highest BCUT2D eigenvalue weighted by molar-refractivity contribution is 7.10. The second kappa shape index (κ2) is 9.85. The molecule has 2 N–H and O–H groups in total. The minimum Gasteiger partial charge on any atom is -0.379 e. The highest BCUT2D eigenvalue weighted by atomic mass is 35.5. The molecule has 2 heterocycles. The zero-order chi connectivity index (χ0) is 19.1. The standard InChI is InChI=1S/C19H22ClN3O3S/c20-15-5-3-14(4-6-15)12-21-18(24)19(25)22-13-16(17-2-1-11-27-17)23-7-9-26-10-8-23/h1-6,11,16H,7-10,12-13H2,(H,21,24)(H,22,25). The van der Waals surface area contributed by atoms with Gasteiger partial charge in [-0.2, -0.15) is 0 Å². The van der Waals surface area contributed by atoms with E-state index in [0.29, 0.717) is 24.8 Å². The molecule has 2 aromatic rings. The van der Waals surface area contributed by atoms with Gasteiger partial charge in [0.15, 0.2) is 0 Å². The molecule has 1 aliphatic heterocycles. The molecule has 1 atom stereocenters. The molecule has 0 bridgehead atoms. The summed E-state index contributed by atoms with van der Waals surface area (Å²) in [7, 11) is 0. The maximum atomic E-state index is 12.2. The Labute approximate surface area is 167 Å². The first-order chi connectivity index (χ1) is 13.1. The van der Waals surface area contributed by atoms with Crippen molar-refractivity contribution in [1.29, 1.82) is 0 Å². The van der Waals surface area contributed by atoms with Crippen LogP contribution in [0.2, 0.25) is 5.02 Å². The summed E-state index contributed by atoms with van der Waals surface area (Å²) in [4.78, 5) is 27.7. The molecule has 1 aliphatic rings. The van der Waals surface area contributed by atoms with Crippen LogP contribution in [0.3, 0.4) is 0 Å². The summed E-state index contributed by atoms with van der Waals surface area (Å²) in [5.74, 6) is -1.27. The van der Waals surface area contributed by atoms with E-state index in [2.05, 4.69) is 21.6 Å². The Hall–Kier alpha value is -1.93. The van der Waals surface area contributed by atoms with Crippen LogP contribution in [0.1, 0.15) is 16.5 Å². The summed E-state index contributed by atoms with van der Waals surface area (Å²) < 4.78 is 5.41. The molecule has 27 heavy (non-hydrogen) atoms. The quantitative estimate of drug-likeness (QED) is 0.720. The van der Waals surface area contributed by atoms with Gasteiger partial charge in [-0.25, -0.2) is 0 Å². The van der Waals surface area contributed by atoms with E-state index in [4.69, 9.17) is 16.3 Å². The van der Waals surface area contributed by atoms with Crippen LogP contribution in [0.4, 0.5) is 0 Å². The van der Waals surface area contributed by atoms with Crippen LogP contribution in [0.25, 0.3) is 0 Å². The molecule has 0 saturated carbocycles. The molecule has 1 unspecified atom stereocenters. The summed E-state index contributed by atoms with van der Waals surface area (Å²) in [6.07, 6.45) is 0. The van der Waals surface area contributed by atoms with Gasteiger partial charge < -0.3 is 15.4 Å². The number of thiophene rings is 1. The molecule has 3 rings (SSSR count). The van der Waals surface area contributed by atoms with Crippen molar-refractivity contribution in [3.63, 3.8) is 0 Å². The van der Waals surface area contributed by atoms with Gasteiger partial charge in [0.05, 0.1) is 19.3 Å². The van der Waals surface area contributed by atoms with Crippen molar-refractivity contribution in [2.45, 2.75) is 12.6 Å². The van der Waals surface area contributed by atoms with Gasteiger partial charge >= 0.3 is 11.8 Å². The monoisotopic (exact) mass is 407 g/mol. The lowest BCUT2D eigenvalue weighted by Gasteiger charge is -2.34. The van der Waals surface area contributed by atoms with Crippen LogP contribution in [-0.4, -0.2) is 49.6 Å². The molecular weight excluding hydrogens is 386 g/mol. The van der Waals surface area contributed by atoms with E-state index in [9.17, 15) is 9.59 Å². The molecule has 0 radical (unpaired) electrons. The number of nitrogens with one attached hydrogen (secondary N) is 2. The molecule has 1 aromatic heterocycles. The summed E-state index contributed by atoms with van der Waals surface area (Å²) in [5.41, 5.74) is 0.880. The number of halogens is 1. The van der Waals surface area contributed by atoms with Crippen LogP contribution in [-0.2, 0) is 20.9 Å². The van der Waals surface area contributed by atoms with E-state index in [1.54, 1.807) is 23.5 Å². The van der Waals surface area contributed by atoms with Crippen molar-refractivity contribution in [1.82, 2.24) is 15.5 Å². The number of amides is 2. The molecule has 0 spiro atoms. The van der Waals surface area contributed by atoms with E-state index in [1.807, 2.05) is 23.6 Å². The van der Waals surface area contributed by atoms with Crippen LogP contribution in [0.5, 0.6) is 0 Å². The highest BCUT2D eigenvalue weighted by Crippen LogP contribution is 2.25. The fraction of sp³-hybridized carbons (Fsp3) is 0.368.